The lowest BCUT2D eigenvalue weighted by molar-refractivity contribution is -0.145. The van der Waals surface area contributed by atoms with E-state index in [9.17, 15) is 29.4 Å². The second kappa shape index (κ2) is 15.6. The molecule has 7 unspecified atom stereocenters. The van der Waals surface area contributed by atoms with Crippen molar-refractivity contribution in [2.75, 3.05) is 6.54 Å². The number of carbonyl (C=O) groups is 4. The van der Waals surface area contributed by atoms with Crippen molar-refractivity contribution in [2.45, 2.75) is 97.0 Å². The number of aliphatic hydroxyl groups is 1. The summed E-state index contributed by atoms with van der Waals surface area (Å²) in [7, 11) is 0. The lowest BCUT2D eigenvalue weighted by atomic mass is 9.95. The van der Waals surface area contributed by atoms with Crippen LogP contribution in [0.5, 0.6) is 0 Å². The first kappa shape index (κ1) is 30.8. The normalized spacial score (nSPS) is 17.6. The number of unbranched alkanes of at least 4 members (excludes halogenated alkanes) is 1. The highest BCUT2D eigenvalue weighted by atomic mass is 16.4. The van der Waals surface area contributed by atoms with Crippen molar-refractivity contribution in [2.24, 2.45) is 23.3 Å². The van der Waals surface area contributed by atoms with Gasteiger partial charge in [-0.1, -0.05) is 40.5 Å². The highest BCUT2D eigenvalue weighted by Gasteiger charge is 2.33. The third kappa shape index (κ3) is 10.5. The summed E-state index contributed by atoms with van der Waals surface area (Å²) in [6.45, 7) is 9.08. The summed E-state index contributed by atoms with van der Waals surface area (Å²) in [5.41, 5.74) is 11.5. The molecule has 7 atom stereocenters. The molecular weight excluding hydrogens is 430 g/mol. The molecule has 0 fully saturated rings. The molecule has 0 aliphatic heterocycles. The molecule has 0 radical (unpaired) electrons. The molecule has 0 aliphatic rings. The number of carboxylic acid groups (broad SMARTS) is 1. The van der Waals surface area contributed by atoms with Gasteiger partial charge < -0.3 is 37.6 Å². The van der Waals surface area contributed by atoms with Gasteiger partial charge in [0, 0.05) is 0 Å². The zero-order valence-corrected chi connectivity index (χ0v) is 20.5. The summed E-state index contributed by atoms with van der Waals surface area (Å²) in [6, 6.07) is -4.28. The number of amides is 3. The molecule has 0 saturated heterocycles. The highest BCUT2D eigenvalue weighted by molar-refractivity contribution is 5.94. The van der Waals surface area contributed by atoms with E-state index in [2.05, 4.69) is 16.0 Å². The molecule has 0 aromatic rings. The minimum absolute atomic E-state index is 0.0751. The molecule has 3 amide bonds. The van der Waals surface area contributed by atoms with Gasteiger partial charge in [0.2, 0.25) is 17.7 Å². The van der Waals surface area contributed by atoms with E-state index in [-0.39, 0.29) is 18.3 Å². The van der Waals surface area contributed by atoms with Crippen molar-refractivity contribution in [3.05, 3.63) is 0 Å². The van der Waals surface area contributed by atoms with Gasteiger partial charge in [-0.3, -0.25) is 14.4 Å². The Kier molecular flexibility index (Phi) is 14.5. The largest absolute Gasteiger partial charge is 0.480 e. The van der Waals surface area contributed by atoms with E-state index in [1.54, 1.807) is 6.92 Å². The predicted octanol–water partition coefficient (Wildman–Crippen LogP) is -0.545. The zero-order chi connectivity index (χ0) is 25.7. The average Bonchev–Trinajstić information content (AvgIpc) is 2.77. The second-order valence-corrected chi connectivity index (χ2v) is 8.69. The smallest absolute Gasteiger partial charge is 0.328 e. The Hall–Kier alpha value is -2.24. The van der Waals surface area contributed by atoms with Crippen LogP contribution in [-0.4, -0.2) is 70.7 Å². The van der Waals surface area contributed by atoms with Crippen LogP contribution in [0.2, 0.25) is 0 Å². The van der Waals surface area contributed by atoms with E-state index < -0.39 is 54.0 Å². The molecule has 0 rings (SSSR count). The Labute approximate surface area is 196 Å². The third-order valence-electron chi connectivity index (χ3n) is 5.98. The number of hydrogen-bond acceptors (Lipinski definition) is 7. The van der Waals surface area contributed by atoms with Gasteiger partial charge in [0.05, 0.1) is 12.1 Å². The second-order valence-electron chi connectivity index (χ2n) is 8.69. The van der Waals surface area contributed by atoms with Crippen LogP contribution in [0, 0.1) is 11.8 Å². The van der Waals surface area contributed by atoms with E-state index in [1.165, 1.54) is 6.92 Å². The van der Waals surface area contributed by atoms with Crippen LogP contribution in [0.1, 0.15) is 66.7 Å². The standard InChI is InChI=1S/C22H43N5O6/c1-6-12(3)16(24)20(30)26-17(13(4)7-2)21(31)25-15(10-8-9-11-23)19(29)27-18(14(5)28)22(32)33/h12-18,28H,6-11,23-24H2,1-5H3,(H,25,31)(H,26,30)(H,27,29)(H,32,33). The van der Waals surface area contributed by atoms with Gasteiger partial charge >= 0.3 is 5.97 Å². The summed E-state index contributed by atoms with van der Waals surface area (Å²) in [5, 5.41) is 26.5. The van der Waals surface area contributed by atoms with E-state index in [4.69, 9.17) is 11.5 Å². The lowest BCUT2D eigenvalue weighted by Crippen LogP contribution is -2.59. The van der Waals surface area contributed by atoms with Gasteiger partial charge in [-0.05, 0) is 44.6 Å². The Bertz CT molecular complexity index is 645. The van der Waals surface area contributed by atoms with Crippen LogP contribution < -0.4 is 27.4 Å². The van der Waals surface area contributed by atoms with Gasteiger partial charge in [0.1, 0.15) is 12.1 Å². The number of carboxylic acids is 1. The minimum Gasteiger partial charge on any atom is -0.480 e. The topological polar surface area (TPSA) is 197 Å². The number of nitrogens with two attached hydrogens (primary N) is 2. The first-order valence-corrected chi connectivity index (χ1v) is 11.7. The van der Waals surface area contributed by atoms with Crippen LogP contribution in [0.25, 0.3) is 0 Å². The molecule has 0 spiro atoms. The molecule has 0 aromatic carbocycles. The van der Waals surface area contributed by atoms with Crippen molar-refractivity contribution in [1.82, 2.24) is 16.0 Å². The molecule has 0 aromatic heterocycles. The van der Waals surface area contributed by atoms with Gasteiger partial charge in [-0.15, -0.1) is 0 Å². The van der Waals surface area contributed by atoms with Crippen molar-refractivity contribution >= 4 is 23.7 Å². The fourth-order valence-electron chi connectivity index (χ4n) is 3.13. The quantitative estimate of drug-likeness (QED) is 0.145. The van der Waals surface area contributed by atoms with Crippen molar-refractivity contribution < 1.29 is 29.4 Å². The van der Waals surface area contributed by atoms with Gasteiger partial charge in [-0.2, -0.15) is 0 Å². The number of carbonyl (C=O) groups excluding carboxylic acids is 3. The van der Waals surface area contributed by atoms with Crippen LogP contribution in [-0.2, 0) is 19.2 Å². The van der Waals surface area contributed by atoms with E-state index in [0.717, 1.165) is 0 Å². The Morgan fingerprint density at radius 1 is 0.818 bits per heavy atom. The molecule has 0 aliphatic carbocycles. The maximum Gasteiger partial charge on any atom is 0.328 e. The lowest BCUT2D eigenvalue weighted by Gasteiger charge is -2.29. The minimum atomic E-state index is -1.52. The SMILES string of the molecule is CCC(C)C(N)C(=O)NC(C(=O)NC(CCCCN)C(=O)NC(C(=O)O)C(C)O)C(C)CC. The van der Waals surface area contributed by atoms with Crippen molar-refractivity contribution in [1.29, 1.82) is 0 Å². The molecule has 0 saturated carbocycles. The zero-order valence-electron chi connectivity index (χ0n) is 20.5. The monoisotopic (exact) mass is 473 g/mol. The van der Waals surface area contributed by atoms with Crippen LogP contribution in [0.3, 0.4) is 0 Å². The van der Waals surface area contributed by atoms with E-state index in [1.807, 2.05) is 20.8 Å². The van der Waals surface area contributed by atoms with Gasteiger partial charge in [0.25, 0.3) is 0 Å². The van der Waals surface area contributed by atoms with Crippen molar-refractivity contribution in [3.63, 3.8) is 0 Å². The molecule has 0 heterocycles. The number of hydrogen-bond donors (Lipinski definition) is 7. The summed E-state index contributed by atoms with van der Waals surface area (Å²) in [5.74, 6) is -3.46. The molecule has 9 N–H and O–H groups in total. The first-order valence-electron chi connectivity index (χ1n) is 11.7. The summed E-state index contributed by atoms with van der Waals surface area (Å²) in [4.78, 5) is 49.8. The average molecular weight is 474 g/mol. The fourth-order valence-corrected chi connectivity index (χ4v) is 3.13. The summed E-state index contributed by atoms with van der Waals surface area (Å²) < 4.78 is 0. The molecule has 192 valence electrons. The Morgan fingerprint density at radius 3 is 1.82 bits per heavy atom. The number of rotatable bonds is 16. The van der Waals surface area contributed by atoms with Gasteiger partial charge in [-0.25, -0.2) is 4.79 Å². The van der Waals surface area contributed by atoms with Crippen molar-refractivity contribution in [3.8, 4) is 0 Å². The number of nitrogens with one attached hydrogen (secondary N) is 3. The summed E-state index contributed by atoms with van der Waals surface area (Å²) >= 11 is 0. The third-order valence-corrected chi connectivity index (χ3v) is 5.98. The highest BCUT2D eigenvalue weighted by Crippen LogP contribution is 2.12. The van der Waals surface area contributed by atoms with Crippen LogP contribution in [0.15, 0.2) is 0 Å². The molecule has 11 heteroatoms. The summed E-state index contributed by atoms with van der Waals surface area (Å²) in [6.07, 6.45) is 1.29. The number of aliphatic carboxylic acids is 1. The van der Waals surface area contributed by atoms with Crippen LogP contribution >= 0.6 is 0 Å². The maximum atomic E-state index is 13.1. The predicted molar refractivity (Wildman–Crippen MR) is 125 cm³/mol. The first-order chi connectivity index (χ1) is 15.4. The maximum absolute atomic E-state index is 13.1. The molecule has 0 bridgehead atoms. The number of aliphatic hydroxyl groups excluding tert-OH is 1. The molecular formula is C22H43N5O6. The Morgan fingerprint density at radius 2 is 1.36 bits per heavy atom. The van der Waals surface area contributed by atoms with Gasteiger partial charge in [0.15, 0.2) is 6.04 Å². The van der Waals surface area contributed by atoms with Crippen LogP contribution in [0.4, 0.5) is 0 Å². The van der Waals surface area contributed by atoms with E-state index >= 15 is 0 Å². The molecule has 33 heavy (non-hydrogen) atoms. The fraction of sp³-hybridized carbons (Fsp3) is 0.818. The van der Waals surface area contributed by atoms with E-state index in [0.29, 0.717) is 32.2 Å². The molecule has 11 nitrogen and oxygen atoms in total. The Balaban J connectivity index is 5.59.